The Labute approximate surface area is 138 Å². The summed E-state index contributed by atoms with van der Waals surface area (Å²) in [5, 5.41) is 5.71. The van der Waals surface area contributed by atoms with E-state index in [0.717, 1.165) is 44.7 Å². The Balaban J connectivity index is 1.50. The summed E-state index contributed by atoms with van der Waals surface area (Å²) >= 11 is 0. The Bertz CT molecular complexity index is 551. The van der Waals surface area contributed by atoms with Crippen LogP contribution in [0.15, 0.2) is 36.0 Å². The maximum absolute atomic E-state index is 11.9. The molecule has 1 aliphatic carbocycles. The highest BCUT2D eigenvalue weighted by Gasteiger charge is 2.14. The van der Waals surface area contributed by atoms with Crippen LogP contribution in [0.2, 0.25) is 0 Å². The molecule has 0 spiro atoms. The second-order valence-corrected chi connectivity index (χ2v) is 6.45. The average molecular weight is 314 g/mol. The van der Waals surface area contributed by atoms with Gasteiger partial charge in [-0.1, -0.05) is 5.57 Å². The Kier molecular flexibility index (Phi) is 5.18. The minimum absolute atomic E-state index is 0.170. The van der Waals surface area contributed by atoms with Crippen LogP contribution in [0.1, 0.15) is 25.7 Å². The third-order valence-corrected chi connectivity index (χ3v) is 4.65. The van der Waals surface area contributed by atoms with Crippen molar-refractivity contribution in [2.45, 2.75) is 25.7 Å². The number of carbonyl (C=O) groups is 1. The molecule has 0 bridgehead atoms. The summed E-state index contributed by atoms with van der Waals surface area (Å²) < 4.78 is 0. The minimum Gasteiger partial charge on any atom is -0.369 e. The monoisotopic (exact) mass is 314 g/mol. The van der Waals surface area contributed by atoms with Crippen molar-refractivity contribution in [3.8, 4) is 0 Å². The van der Waals surface area contributed by atoms with Gasteiger partial charge in [0.2, 0.25) is 0 Å². The standard InChI is InChI=1S/C18H26N4O/c1-21-10-12-22(13-11-21)17-8-6-16(7-9-17)20-18(23)19-14-15-4-2-3-5-15/h6-9,14H,2-5,10-13H2,1H3,(H2,19,20,23). The molecule has 1 aromatic rings. The Hall–Kier alpha value is -2.01. The van der Waals surface area contributed by atoms with E-state index in [4.69, 9.17) is 0 Å². The summed E-state index contributed by atoms with van der Waals surface area (Å²) in [5.41, 5.74) is 3.38. The van der Waals surface area contributed by atoms with Crippen LogP contribution in [0.4, 0.5) is 16.2 Å². The fourth-order valence-corrected chi connectivity index (χ4v) is 3.13. The Morgan fingerprint density at radius 2 is 1.70 bits per heavy atom. The van der Waals surface area contributed by atoms with Gasteiger partial charge in [0.15, 0.2) is 0 Å². The molecule has 1 saturated carbocycles. The number of hydrogen-bond acceptors (Lipinski definition) is 3. The first-order chi connectivity index (χ1) is 11.2. The molecule has 0 unspecified atom stereocenters. The van der Waals surface area contributed by atoms with Crippen LogP contribution in [0, 0.1) is 0 Å². The molecule has 1 saturated heterocycles. The van der Waals surface area contributed by atoms with E-state index in [9.17, 15) is 4.79 Å². The normalized spacial score (nSPS) is 18.8. The van der Waals surface area contributed by atoms with E-state index in [-0.39, 0.29) is 6.03 Å². The third kappa shape index (κ3) is 4.48. The molecule has 1 aliphatic heterocycles. The number of benzene rings is 1. The summed E-state index contributed by atoms with van der Waals surface area (Å²) in [4.78, 5) is 16.6. The summed E-state index contributed by atoms with van der Waals surface area (Å²) in [5.74, 6) is 0. The molecule has 1 aromatic carbocycles. The van der Waals surface area contributed by atoms with E-state index < -0.39 is 0 Å². The lowest BCUT2D eigenvalue weighted by molar-refractivity contribution is 0.255. The number of allylic oxidation sites excluding steroid dienone is 1. The number of nitrogens with zero attached hydrogens (tertiary/aromatic N) is 2. The second-order valence-electron chi connectivity index (χ2n) is 6.45. The second kappa shape index (κ2) is 7.51. The molecule has 5 nitrogen and oxygen atoms in total. The lowest BCUT2D eigenvalue weighted by Gasteiger charge is -2.34. The van der Waals surface area contributed by atoms with E-state index in [1.165, 1.54) is 24.1 Å². The van der Waals surface area contributed by atoms with Gasteiger partial charge in [-0.15, -0.1) is 0 Å². The van der Waals surface area contributed by atoms with E-state index in [1.54, 1.807) is 0 Å². The highest BCUT2D eigenvalue weighted by atomic mass is 16.2. The molecule has 124 valence electrons. The number of hydrogen-bond donors (Lipinski definition) is 2. The molecule has 2 fully saturated rings. The predicted octanol–water partition coefficient (Wildman–Crippen LogP) is 3.02. The van der Waals surface area contributed by atoms with Gasteiger partial charge >= 0.3 is 6.03 Å². The molecule has 2 amide bonds. The number of likely N-dealkylation sites (N-methyl/N-ethyl adjacent to an activating group) is 1. The predicted molar refractivity (Wildman–Crippen MR) is 94.9 cm³/mol. The molecule has 0 aromatic heterocycles. The number of urea groups is 1. The number of rotatable bonds is 3. The number of nitrogens with one attached hydrogen (secondary N) is 2. The molecule has 3 rings (SSSR count). The maximum Gasteiger partial charge on any atom is 0.323 e. The maximum atomic E-state index is 11.9. The van der Waals surface area contributed by atoms with Crippen molar-refractivity contribution in [1.82, 2.24) is 10.2 Å². The van der Waals surface area contributed by atoms with Crippen molar-refractivity contribution >= 4 is 17.4 Å². The van der Waals surface area contributed by atoms with Crippen molar-refractivity contribution in [1.29, 1.82) is 0 Å². The van der Waals surface area contributed by atoms with Gasteiger partial charge < -0.3 is 20.4 Å². The lowest BCUT2D eigenvalue weighted by atomic mass is 10.2. The van der Waals surface area contributed by atoms with Crippen LogP contribution in [0.5, 0.6) is 0 Å². The van der Waals surface area contributed by atoms with Crippen LogP contribution in [0.3, 0.4) is 0 Å². The van der Waals surface area contributed by atoms with Gasteiger partial charge in [-0.25, -0.2) is 4.79 Å². The first-order valence-corrected chi connectivity index (χ1v) is 8.50. The minimum atomic E-state index is -0.170. The molecule has 23 heavy (non-hydrogen) atoms. The van der Waals surface area contributed by atoms with E-state index in [1.807, 2.05) is 18.3 Å². The zero-order valence-electron chi connectivity index (χ0n) is 13.8. The fourth-order valence-electron chi connectivity index (χ4n) is 3.13. The Morgan fingerprint density at radius 3 is 2.35 bits per heavy atom. The van der Waals surface area contributed by atoms with Crippen LogP contribution < -0.4 is 15.5 Å². The zero-order chi connectivity index (χ0) is 16.1. The fraction of sp³-hybridized carbons (Fsp3) is 0.500. The zero-order valence-corrected chi connectivity index (χ0v) is 13.8. The van der Waals surface area contributed by atoms with Gasteiger partial charge in [0, 0.05) is 43.8 Å². The summed E-state index contributed by atoms with van der Waals surface area (Å²) in [6, 6.07) is 7.93. The molecule has 0 radical (unpaired) electrons. The SMILES string of the molecule is CN1CCN(c2ccc(NC(=O)NC=C3CCCC3)cc2)CC1. The first-order valence-electron chi connectivity index (χ1n) is 8.50. The Morgan fingerprint density at radius 1 is 1.04 bits per heavy atom. The van der Waals surface area contributed by atoms with Crippen LogP contribution >= 0.6 is 0 Å². The summed E-state index contributed by atoms with van der Waals surface area (Å²) in [6.45, 7) is 4.29. The highest BCUT2D eigenvalue weighted by Crippen LogP contribution is 2.23. The number of piperazine rings is 1. The molecule has 2 aliphatic rings. The number of anilines is 2. The van der Waals surface area contributed by atoms with Gasteiger partial charge in [0.1, 0.15) is 0 Å². The average Bonchev–Trinajstić information content (AvgIpc) is 3.08. The van der Waals surface area contributed by atoms with E-state index in [0.29, 0.717) is 0 Å². The molecule has 0 atom stereocenters. The highest BCUT2D eigenvalue weighted by molar-refractivity contribution is 5.90. The van der Waals surface area contributed by atoms with Gasteiger partial charge in [-0.3, -0.25) is 0 Å². The van der Waals surface area contributed by atoms with Crippen LogP contribution in [-0.4, -0.2) is 44.2 Å². The summed E-state index contributed by atoms with van der Waals surface area (Å²) in [7, 11) is 2.16. The molecular formula is C18H26N4O. The summed E-state index contributed by atoms with van der Waals surface area (Å²) in [6.07, 6.45) is 6.56. The quantitative estimate of drug-likeness (QED) is 0.901. The molecule has 1 heterocycles. The lowest BCUT2D eigenvalue weighted by Crippen LogP contribution is -2.44. The first kappa shape index (κ1) is 15.9. The topological polar surface area (TPSA) is 47.6 Å². The number of amides is 2. The van der Waals surface area contributed by atoms with Crippen molar-refractivity contribution in [2.75, 3.05) is 43.4 Å². The van der Waals surface area contributed by atoms with Crippen LogP contribution in [0.25, 0.3) is 0 Å². The van der Waals surface area contributed by atoms with Crippen molar-refractivity contribution < 1.29 is 4.79 Å². The van der Waals surface area contributed by atoms with Crippen molar-refractivity contribution in [3.63, 3.8) is 0 Å². The van der Waals surface area contributed by atoms with E-state index >= 15 is 0 Å². The largest absolute Gasteiger partial charge is 0.369 e. The third-order valence-electron chi connectivity index (χ3n) is 4.65. The van der Waals surface area contributed by atoms with E-state index in [2.05, 4.69) is 39.6 Å². The molecular weight excluding hydrogens is 288 g/mol. The van der Waals surface area contributed by atoms with Crippen molar-refractivity contribution in [3.05, 3.63) is 36.0 Å². The van der Waals surface area contributed by atoms with Gasteiger partial charge in [-0.2, -0.15) is 0 Å². The van der Waals surface area contributed by atoms with Crippen LogP contribution in [-0.2, 0) is 0 Å². The molecule has 5 heteroatoms. The van der Waals surface area contributed by atoms with Crippen molar-refractivity contribution in [2.24, 2.45) is 0 Å². The molecule has 2 N–H and O–H groups in total. The van der Waals surface area contributed by atoms with Gasteiger partial charge in [0.05, 0.1) is 0 Å². The van der Waals surface area contributed by atoms with Gasteiger partial charge in [-0.05, 0) is 57.0 Å². The number of carbonyl (C=O) groups excluding carboxylic acids is 1. The smallest absolute Gasteiger partial charge is 0.323 e. The van der Waals surface area contributed by atoms with Gasteiger partial charge in [0.25, 0.3) is 0 Å².